The molecule has 1 aromatic heterocycles. The normalized spacial score (nSPS) is 11.3. The van der Waals surface area contributed by atoms with Gasteiger partial charge in [0.2, 0.25) is 0 Å². The molecule has 2 rings (SSSR count). The third kappa shape index (κ3) is 3.01. The second kappa shape index (κ2) is 5.51. The molecule has 0 aliphatic heterocycles. The van der Waals surface area contributed by atoms with Crippen LogP contribution in [-0.2, 0) is 10.9 Å². The molecule has 0 saturated carbocycles. The molecule has 0 N–H and O–H groups in total. The fourth-order valence-electron chi connectivity index (χ4n) is 1.83. The van der Waals surface area contributed by atoms with E-state index in [1.54, 1.807) is 0 Å². The maximum atomic E-state index is 13.7. The summed E-state index contributed by atoms with van der Waals surface area (Å²) in [6.07, 6.45) is -2.63. The molecule has 0 atom stereocenters. The van der Waals surface area contributed by atoms with Crippen LogP contribution in [0, 0.1) is 5.82 Å². The maximum Gasteiger partial charge on any atom is 0.416 e. The Morgan fingerprint density at radius 3 is 2.57 bits per heavy atom. The SMILES string of the molecule is COC(=O)c1c(F)cncc1-c1cccc(C(F)(F)F)c1. The molecule has 0 saturated heterocycles. The number of benzene rings is 1. The van der Waals surface area contributed by atoms with Crippen LogP contribution in [0.3, 0.4) is 0 Å². The number of aromatic nitrogens is 1. The number of methoxy groups -OCH3 is 1. The maximum absolute atomic E-state index is 13.7. The molecule has 1 aromatic carbocycles. The highest BCUT2D eigenvalue weighted by atomic mass is 19.4. The third-order valence-corrected chi connectivity index (χ3v) is 2.79. The fourth-order valence-corrected chi connectivity index (χ4v) is 1.83. The minimum atomic E-state index is -4.54. The zero-order valence-corrected chi connectivity index (χ0v) is 10.7. The summed E-state index contributed by atoms with van der Waals surface area (Å²) >= 11 is 0. The van der Waals surface area contributed by atoms with Gasteiger partial charge in [0.1, 0.15) is 5.56 Å². The summed E-state index contributed by atoms with van der Waals surface area (Å²) in [6, 6.07) is 4.21. The number of carbonyl (C=O) groups excluding carboxylic acids is 1. The van der Waals surface area contributed by atoms with Crippen molar-refractivity contribution in [2.45, 2.75) is 6.18 Å². The van der Waals surface area contributed by atoms with Crippen molar-refractivity contribution in [1.29, 1.82) is 0 Å². The molecule has 0 bridgehead atoms. The Hall–Kier alpha value is -2.44. The van der Waals surface area contributed by atoms with Gasteiger partial charge in [-0.1, -0.05) is 12.1 Å². The Kier molecular flexibility index (Phi) is 3.93. The molecule has 3 nitrogen and oxygen atoms in total. The lowest BCUT2D eigenvalue weighted by atomic mass is 9.99. The van der Waals surface area contributed by atoms with Crippen LogP contribution in [0.4, 0.5) is 17.6 Å². The number of ether oxygens (including phenoxy) is 1. The zero-order valence-electron chi connectivity index (χ0n) is 10.7. The second-order valence-corrected chi connectivity index (χ2v) is 4.11. The van der Waals surface area contributed by atoms with Gasteiger partial charge >= 0.3 is 12.1 Å². The lowest BCUT2D eigenvalue weighted by Gasteiger charge is -2.11. The smallest absolute Gasteiger partial charge is 0.416 e. The quantitative estimate of drug-likeness (QED) is 0.627. The van der Waals surface area contributed by atoms with E-state index in [9.17, 15) is 22.4 Å². The summed E-state index contributed by atoms with van der Waals surface area (Å²) < 4.78 is 56.3. The predicted octanol–water partition coefficient (Wildman–Crippen LogP) is 3.69. The van der Waals surface area contributed by atoms with Crippen LogP contribution in [0.25, 0.3) is 11.1 Å². The van der Waals surface area contributed by atoms with Gasteiger partial charge in [-0.25, -0.2) is 9.18 Å². The Labute approximate surface area is 117 Å². The van der Waals surface area contributed by atoms with Crippen molar-refractivity contribution in [2.75, 3.05) is 7.11 Å². The first-order chi connectivity index (χ1) is 9.84. The highest BCUT2D eigenvalue weighted by Gasteiger charge is 2.31. The van der Waals surface area contributed by atoms with Crippen molar-refractivity contribution in [3.63, 3.8) is 0 Å². The van der Waals surface area contributed by atoms with Gasteiger partial charge in [0.25, 0.3) is 0 Å². The van der Waals surface area contributed by atoms with E-state index in [0.29, 0.717) is 0 Å². The number of halogens is 4. The monoisotopic (exact) mass is 299 g/mol. The average molecular weight is 299 g/mol. The first kappa shape index (κ1) is 15.0. The van der Waals surface area contributed by atoms with Crippen LogP contribution in [0.2, 0.25) is 0 Å². The van der Waals surface area contributed by atoms with E-state index in [1.807, 2.05) is 0 Å². The van der Waals surface area contributed by atoms with Gasteiger partial charge in [0.05, 0.1) is 18.9 Å². The topological polar surface area (TPSA) is 39.2 Å². The summed E-state index contributed by atoms with van der Waals surface area (Å²) in [4.78, 5) is 15.2. The van der Waals surface area contributed by atoms with Gasteiger partial charge in [-0.3, -0.25) is 4.98 Å². The van der Waals surface area contributed by atoms with Gasteiger partial charge in [-0.2, -0.15) is 13.2 Å². The molecule has 0 fully saturated rings. The predicted molar refractivity (Wildman–Crippen MR) is 66.0 cm³/mol. The zero-order chi connectivity index (χ0) is 15.6. The van der Waals surface area contributed by atoms with E-state index in [1.165, 1.54) is 12.1 Å². The average Bonchev–Trinajstić information content (AvgIpc) is 2.45. The van der Waals surface area contributed by atoms with E-state index in [-0.39, 0.29) is 11.1 Å². The van der Waals surface area contributed by atoms with E-state index in [0.717, 1.165) is 31.6 Å². The number of carbonyl (C=O) groups is 1. The third-order valence-electron chi connectivity index (χ3n) is 2.79. The second-order valence-electron chi connectivity index (χ2n) is 4.11. The van der Waals surface area contributed by atoms with Crippen molar-refractivity contribution in [3.8, 4) is 11.1 Å². The summed E-state index contributed by atoms with van der Waals surface area (Å²) in [5, 5.41) is 0. The van der Waals surface area contributed by atoms with Gasteiger partial charge in [0, 0.05) is 11.8 Å². The Morgan fingerprint density at radius 1 is 1.24 bits per heavy atom. The van der Waals surface area contributed by atoms with Crippen molar-refractivity contribution in [3.05, 3.63) is 53.6 Å². The van der Waals surface area contributed by atoms with E-state index >= 15 is 0 Å². The fraction of sp³-hybridized carbons (Fsp3) is 0.143. The molecule has 7 heteroatoms. The standard InChI is InChI=1S/C14H9F4NO2/c1-21-13(20)12-10(6-19-7-11(12)15)8-3-2-4-9(5-8)14(16,17)18/h2-7H,1H3. The van der Waals surface area contributed by atoms with Gasteiger partial charge in [0.15, 0.2) is 5.82 Å². The lowest BCUT2D eigenvalue weighted by Crippen LogP contribution is -2.08. The minimum Gasteiger partial charge on any atom is -0.465 e. The molecule has 21 heavy (non-hydrogen) atoms. The molecule has 0 amide bonds. The number of hydrogen-bond donors (Lipinski definition) is 0. The largest absolute Gasteiger partial charge is 0.465 e. The number of hydrogen-bond acceptors (Lipinski definition) is 3. The summed E-state index contributed by atoms with van der Waals surface area (Å²) in [6.45, 7) is 0. The number of pyridine rings is 1. The molecule has 0 radical (unpaired) electrons. The van der Waals surface area contributed by atoms with Crippen LogP contribution in [-0.4, -0.2) is 18.1 Å². The van der Waals surface area contributed by atoms with Crippen LogP contribution in [0.1, 0.15) is 15.9 Å². The highest BCUT2D eigenvalue weighted by molar-refractivity contribution is 5.97. The van der Waals surface area contributed by atoms with Crippen molar-refractivity contribution < 1.29 is 27.1 Å². The molecular weight excluding hydrogens is 290 g/mol. The molecule has 0 aliphatic rings. The van der Waals surface area contributed by atoms with Crippen LogP contribution in [0.5, 0.6) is 0 Å². The van der Waals surface area contributed by atoms with Crippen LogP contribution in [0.15, 0.2) is 36.7 Å². The molecule has 1 heterocycles. The molecule has 0 unspecified atom stereocenters. The Balaban J connectivity index is 2.63. The summed E-state index contributed by atoms with van der Waals surface area (Å²) in [5.41, 5.74) is -1.39. The molecule has 0 aliphatic carbocycles. The van der Waals surface area contributed by atoms with Gasteiger partial charge in [-0.05, 0) is 17.7 Å². The van der Waals surface area contributed by atoms with E-state index < -0.39 is 29.1 Å². The minimum absolute atomic E-state index is 0.0252. The summed E-state index contributed by atoms with van der Waals surface area (Å²) in [7, 11) is 1.05. The number of esters is 1. The Morgan fingerprint density at radius 2 is 1.95 bits per heavy atom. The summed E-state index contributed by atoms with van der Waals surface area (Å²) in [5.74, 6) is -1.95. The van der Waals surface area contributed by atoms with Gasteiger partial charge < -0.3 is 4.74 Å². The lowest BCUT2D eigenvalue weighted by molar-refractivity contribution is -0.137. The number of nitrogens with zero attached hydrogens (tertiary/aromatic N) is 1. The van der Waals surface area contributed by atoms with Crippen LogP contribution < -0.4 is 0 Å². The van der Waals surface area contributed by atoms with E-state index in [4.69, 9.17) is 0 Å². The molecule has 0 spiro atoms. The first-order valence-electron chi connectivity index (χ1n) is 5.74. The van der Waals surface area contributed by atoms with Crippen molar-refractivity contribution in [1.82, 2.24) is 4.98 Å². The van der Waals surface area contributed by atoms with E-state index in [2.05, 4.69) is 9.72 Å². The number of rotatable bonds is 2. The molecule has 2 aromatic rings. The molecule has 110 valence electrons. The Bertz CT molecular complexity index is 683. The molecular formula is C14H9F4NO2. The van der Waals surface area contributed by atoms with Gasteiger partial charge in [-0.15, -0.1) is 0 Å². The van der Waals surface area contributed by atoms with Crippen molar-refractivity contribution in [2.24, 2.45) is 0 Å². The first-order valence-corrected chi connectivity index (χ1v) is 5.74. The van der Waals surface area contributed by atoms with Crippen LogP contribution >= 0.6 is 0 Å². The number of alkyl halides is 3. The van der Waals surface area contributed by atoms with Crippen molar-refractivity contribution >= 4 is 5.97 Å². The highest BCUT2D eigenvalue weighted by Crippen LogP contribution is 2.33.